The molecule has 148 valence electrons. The average molecular weight is 382 g/mol. The van der Waals surface area contributed by atoms with Gasteiger partial charge in [0, 0.05) is 12.2 Å². The van der Waals surface area contributed by atoms with Gasteiger partial charge < -0.3 is 19.7 Å². The van der Waals surface area contributed by atoms with Crippen molar-refractivity contribution < 1.29 is 19.1 Å². The van der Waals surface area contributed by atoms with Gasteiger partial charge in [0.1, 0.15) is 24.0 Å². The molecule has 0 spiro atoms. The lowest BCUT2D eigenvalue weighted by Crippen LogP contribution is -2.43. The number of hydrogen-bond donors (Lipinski definition) is 1. The van der Waals surface area contributed by atoms with Gasteiger partial charge in [-0.25, -0.2) is 4.79 Å². The minimum atomic E-state index is -0.596. The SMILES string of the molecule is CC(C)(C)OC(=O)N[C@H]1CCN(c2ccc(OCc3ccccc3)cc2)C1=O. The van der Waals surface area contributed by atoms with Crippen LogP contribution in [0.5, 0.6) is 5.75 Å². The summed E-state index contributed by atoms with van der Waals surface area (Å²) in [7, 11) is 0. The molecule has 1 aliphatic rings. The second-order valence-corrected chi connectivity index (χ2v) is 7.75. The van der Waals surface area contributed by atoms with E-state index in [0.717, 1.165) is 17.0 Å². The third-order valence-corrected chi connectivity index (χ3v) is 4.29. The minimum Gasteiger partial charge on any atom is -0.489 e. The van der Waals surface area contributed by atoms with E-state index in [1.54, 1.807) is 25.7 Å². The molecule has 1 N–H and O–H groups in total. The predicted molar refractivity (Wildman–Crippen MR) is 107 cm³/mol. The Hall–Kier alpha value is -3.02. The highest BCUT2D eigenvalue weighted by Gasteiger charge is 2.34. The summed E-state index contributed by atoms with van der Waals surface area (Å²) in [4.78, 5) is 26.2. The molecule has 1 aliphatic heterocycles. The highest BCUT2D eigenvalue weighted by atomic mass is 16.6. The standard InChI is InChI=1S/C22H26N2O4/c1-22(2,3)28-21(26)23-19-13-14-24(20(19)25)17-9-11-18(12-10-17)27-15-16-7-5-4-6-8-16/h4-12,19H,13-15H2,1-3H3,(H,23,26)/t19-/m0/s1. The summed E-state index contributed by atoms with van der Waals surface area (Å²) in [6, 6.07) is 16.8. The lowest BCUT2D eigenvalue weighted by molar-refractivity contribution is -0.118. The number of carbonyl (C=O) groups excluding carboxylic acids is 2. The predicted octanol–water partition coefficient (Wildman–Crippen LogP) is 3.90. The third kappa shape index (κ3) is 5.25. The van der Waals surface area contributed by atoms with Crippen molar-refractivity contribution in [1.29, 1.82) is 0 Å². The minimum absolute atomic E-state index is 0.135. The monoisotopic (exact) mass is 382 g/mol. The number of nitrogens with one attached hydrogen (secondary N) is 1. The molecule has 0 saturated carbocycles. The molecule has 2 aromatic rings. The van der Waals surface area contributed by atoms with Crippen LogP contribution in [-0.4, -0.2) is 30.2 Å². The fourth-order valence-electron chi connectivity index (χ4n) is 2.98. The topological polar surface area (TPSA) is 67.9 Å². The molecule has 0 unspecified atom stereocenters. The van der Waals surface area contributed by atoms with E-state index in [0.29, 0.717) is 19.6 Å². The number of alkyl carbamates (subject to hydrolysis) is 1. The third-order valence-electron chi connectivity index (χ3n) is 4.29. The van der Waals surface area contributed by atoms with E-state index in [9.17, 15) is 9.59 Å². The first kappa shape index (κ1) is 19.7. The first-order valence-electron chi connectivity index (χ1n) is 9.39. The quantitative estimate of drug-likeness (QED) is 0.852. The number of ether oxygens (including phenoxy) is 2. The molecule has 1 heterocycles. The molecule has 1 atom stereocenters. The van der Waals surface area contributed by atoms with E-state index in [2.05, 4.69) is 5.32 Å². The van der Waals surface area contributed by atoms with Crippen LogP contribution in [0.2, 0.25) is 0 Å². The maximum absolute atomic E-state index is 12.6. The van der Waals surface area contributed by atoms with E-state index in [1.165, 1.54) is 0 Å². The number of rotatable bonds is 5. The smallest absolute Gasteiger partial charge is 0.408 e. The van der Waals surface area contributed by atoms with Crippen LogP contribution in [0.4, 0.5) is 10.5 Å². The van der Waals surface area contributed by atoms with Crippen molar-refractivity contribution in [2.45, 2.75) is 45.4 Å². The van der Waals surface area contributed by atoms with Crippen LogP contribution in [0.1, 0.15) is 32.8 Å². The normalized spacial score (nSPS) is 16.8. The van der Waals surface area contributed by atoms with Crippen LogP contribution in [-0.2, 0) is 16.1 Å². The lowest BCUT2D eigenvalue weighted by Gasteiger charge is -2.21. The molecule has 6 nitrogen and oxygen atoms in total. The van der Waals surface area contributed by atoms with Crippen molar-refractivity contribution in [3.63, 3.8) is 0 Å². The number of amides is 2. The number of benzene rings is 2. The van der Waals surface area contributed by atoms with Crippen LogP contribution in [0.3, 0.4) is 0 Å². The molecule has 1 saturated heterocycles. The van der Waals surface area contributed by atoms with Crippen molar-refractivity contribution in [2.75, 3.05) is 11.4 Å². The average Bonchev–Trinajstić information content (AvgIpc) is 3.00. The summed E-state index contributed by atoms with van der Waals surface area (Å²) < 4.78 is 11.0. The molecule has 28 heavy (non-hydrogen) atoms. The van der Waals surface area contributed by atoms with Gasteiger partial charge in [-0.2, -0.15) is 0 Å². The fourth-order valence-corrected chi connectivity index (χ4v) is 2.98. The highest BCUT2D eigenvalue weighted by Crippen LogP contribution is 2.25. The summed E-state index contributed by atoms with van der Waals surface area (Å²) >= 11 is 0. The number of hydrogen-bond acceptors (Lipinski definition) is 4. The van der Waals surface area contributed by atoms with Gasteiger partial charge in [-0.15, -0.1) is 0 Å². The summed E-state index contributed by atoms with van der Waals surface area (Å²) in [5.41, 5.74) is 1.28. The molecule has 3 rings (SSSR count). The molecular formula is C22H26N2O4. The number of carbonyl (C=O) groups is 2. The Balaban J connectivity index is 1.55. The summed E-state index contributed by atoms with van der Waals surface area (Å²) in [6.07, 6.45) is -0.0259. The second kappa shape index (κ2) is 8.33. The van der Waals surface area contributed by atoms with E-state index < -0.39 is 17.7 Å². The van der Waals surface area contributed by atoms with Gasteiger partial charge in [-0.05, 0) is 57.0 Å². The van der Waals surface area contributed by atoms with Crippen LogP contribution in [0, 0.1) is 0 Å². The van der Waals surface area contributed by atoms with Crippen LogP contribution >= 0.6 is 0 Å². The van der Waals surface area contributed by atoms with Gasteiger partial charge in [0.05, 0.1) is 0 Å². The molecular weight excluding hydrogens is 356 g/mol. The van der Waals surface area contributed by atoms with Crippen molar-refractivity contribution in [3.05, 3.63) is 60.2 Å². The Kier molecular flexibility index (Phi) is 5.87. The van der Waals surface area contributed by atoms with Gasteiger partial charge in [0.25, 0.3) is 0 Å². The largest absolute Gasteiger partial charge is 0.489 e. The Bertz CT molecular complexity index is 813. The second-order valence-electron chi connectivity index (χ2n) is 7.75. The Morgan fingerprint density at radius 3 is 2.43 bits per heavy atom. The Morgan fingerprint density at radius 1 is 1.11 bits per heavy atom. The first-order chi connectivity index (χ1) is 13.3. The molecule has 0 aliphatic carbocycles. The van der Waals surface area contributed by atoms with Gasteiger partial charge >= 0.3 is 6.09 Å². The lowest BCUT2D eigenvalue weighted by atomic mass is 10.2. The van der Waals surface area contributed by atoms with E-state index in [-0.39, 0.29) is 5.91 Å². The molecule has 2 aromatic carbocycles. The molecule has 6 heteroatoms. The highest BCUT2D eigenvalue weighted by molar-refractivity contribution is 6.00. The summed E-state index contributed by atoms with van der Waals surface area (Å²) in [6.45, 7) is 6.40. The molecule has 0 radical (unpaired) electrons. The van der Waals surface area contributed by atoms with Crippen molar-refractivity contribution in [3.8, 4) is 5.75 Å². The summed E-state index contributed by atoms with van der Waals surface area (Å²) in [5, 5.41) is 2.66. The van der Waals surface area contributed by atoms with Gasteiger partial charge in [0.15, 0.2) is 0 Å². The number of nitrogens with zero attached hydrogens (tertiary/aromatic N) is 1. The van der Waals surface area contributed by atoms with E-state index in [4.69, 9.17) is 9.47 Å². The van der Waals surface area contributed by atoms with Crippen molar-refractivity contribution in [1.82, 2.24) is 5.32 Å². The van der Waals surface area contributed by atoms with Gasteiger partial charge in [-0.3, -0.25) is 4.79 Å². The van der Waals surface area contributed by atoms with Gasteiger partial charge in [-0.1, -0.05) is 30.3 Å². The zero-order valence-electron chi connectivity index (χ0n) is 16.5. The Morgan fingerprint density at radius 2 is 1.79 bits per heavy atom. The zero-order chi connectivity index (χ0) is 20.1. The molecule has 1 fully saturated rings. The molecule has 0 aromatic heterocycles. The maximum atomic E-state index is 12.6. The molecule has 2 amide bonds. The maximum Gasteiger partial charge on any atom is 0.408 e. The van der Waals surface area contributed by atoms with Gasteiger partial charge in [0.2, 0.25) is 5.91 Å². The first-order valence-corrected chi connectivity index (χ1v) is 9.39. The van der Waals surface area contributed by atoms with E-state index in [1.807, 2.05) is 54.6 Å². The van der Waals surface area contributed by atoms with Crippen LogP contribution < -0.4 is 15.0 Å². The van der Waals surface area contributed by atoms with E-state index >= 15 is 0 Å². The fraction of sp³-hybridized carbons (Fsp3) is 0.364. The van der Waals surface area contributed by atoms with Crippen molar-refractivity contribution in [2.24, 2.45) is 0 Å². The summed E-state index contributed by atoms with van der Waals surface area (Å²) in [5.74, 6) is 0.603. The van der Waals surface area contributed by atoms with Crippen molar-refractivity contribution >= 4 is 17.7 Å². The van der Waals surface area contributed by atoms with Crippen LogP contribution in [0.15, 0.2) is 54.6 Å². The van der Waals surface area contributed by atoms with Crippen LogP contribution in [0.25, 0.3) is 0 Å². The number of anilines is 1. The zero-order valence-corrected chi connectivity index (χ0v) is 16.5. The molecule has 0 bridgehead atoms. The Labute approximate surface area is 165 Å².